The minimum absolute atomic E-state index is 0.000271. The predicted octanol–water partition coefficient (Wildman–Crippen LogP) is 1.45. The standard InChI is InChI=1S/C14H26N2O2/c1-10-4-6-15-12(8-10)13(17)16-11-5-7-18-14(2,3)9-11/h10-12,15H,4-9H2,1-3H3,(H,16,17). The predicted molar refractivity (Wildman–Crippen MR) is 71.4 cm³/mol. The first kappa shape index (κ1) is 13.8. The minimum Gasteiger partial charge on any atom is -0.375 e. The summed E-state index contributed by atoms with van der Waals surface area (Å²) in [6.07, 6.45) is 3.96. The lowest BCUT2D eigenvalue weighted by molar-refractivity contribution is -0.127. The summed E-state index contributed by atoms with van der Waals surface area (Å²) < 4.78 is 5.67. The van der Waals surface area contributed by atoms with Crippen LogP contribution in [0.3, 0.4) is 0 Å². The Bertz CT molecular complexity index is 304. The molecule has 1 amide bonds. The van der Waals surface area contributed by atoms with Crippen LogP contribution in [0, 0.1) is 5.92 Å². The van der Waals surface area contributed by atoms with Gasteiger partial charge in [-0.2, -0.15) is 0 Å². The van der Waals surface area contributed by atoms with Gasteiger partial charge >= 0.3 is 0 Å². The summed E-state index contributed by atoms with van der Waals surface area (Å²) in [6.45, 7) is 8.10. The largest absolute Gasteiger partial charge is 0.375 e. The molecule has 2 heterocycles. The van der Waals surface area contributed by atoms with Crippen molar-refractivity contribution in [1.82, 2.24) is 10.6 Å². The van der Waals surface area contributed by atoms with E-state index in [0.29, 0.717) is 5.92 Å². The molecule has 18 heavy (non-hydrogen) atoms. The van der Waals surface area contributed by atoms with Gasteiger partial charge in [-0.05, 0) is 52.0 Å². The van der Waals surface area contributed by atoms with Gasteiger partial charge in [-0.25, -0.2) is 0 Å². The third-order valence-corrected chi connectivity index (χ3v) is 4.03. The molecule has 2 rings (SSSR count). The second-order valence-electron chi connectivity index (χ2n) is 6.44. The van der Waals surface area contributed by atoms with Gasteiger partial charge in [0.2, 0.25) is 5.91 Å². The highest BCUT2D eigenvalue weighted by atomic mass is 16.5. The number of ether oxygens (including phenoxy) is 1. The highest BCUT2D eigenvalue weighted by molar-refractivity contribution is 5.82. The summed E-state index contributed by atoms with van der Waals surface area (Å²) in [5.74, 6) is 0.817. The van der Waals surface area contributed by atoms with Crippen LogP contribution in [0.4, 0.5) is 0 Å². The van der Waals surface area contributed by atoms with E-state index >= 15 is 0 Å². The maximum Gasteiger partial charge on any atom is 0.237 e. The molecule has 0 aliphatic carbocycles. The Hall–Kier alpha value is -0.610. The Labute approximate surface area is 110 Å². The van der Waals surface area contributed by atoms with Gasteiger partial charge in [-0.15, -0.1) is 0 Å². The molecule has 0 aromatic rings. The Kier molecular flexibility index (Phi) is 4.28. The van der Waals surface area contributed by atoms with Crippen LogP contribution in [-0.2, 0) is 9.53 Å². The number of carbonyl (C=O) groups is 1. The lowest BCUT2D eigenvalue weighted by Gasteiger charge is -2.37. The Morgan fingerprint density at radius 2 is 2.17 bits per heavy atom. The van der Waals surface area contributed by atoms with Gasteiger partial charge in [0, 0.05) is 12.6 Å². The number of hydrogen-bond acceptors (Lipinski definition) is 3. The number of rotatable bonds is 2. The smallest absolute Gasteiger partial charge is 0.237 e. The van der Waals surface area contributed by atoms with Gasteiger partial charge in [0.1, 0.15) is 0 Å². The summed E-state index contributed by atoms with van der Waals surface area (Å²) in [5.41, 5.74) is -0.108. The topological polar surface area (TPSA) is 50.4 Å². The molecular weight excluding hydrogens is 228 g/mol. The fourth-order valence-electron chi connectivity index (χ4n) is 2.96. The molecule has 3 unspecified atom stereocenters. The SMILES string of the molecule is CC1CCNC(C(=O)NC2CCOC(C)(C)C2)C1. The molecule has 0 radical (unpaired) electrons. The van der Waals surface area contributed by atoms with Gasteiger partial charge in [-0.3, -0.25) is 4.79 Å². The highest BCUT2D eigenvalue weighted by Gasteiger charge is 2.32. The lowest BCUT2D eigenvalue weighted by atomic mass is 9.91. The number of amides is 1. The van der Waals surface area contributed by atoms with Gasteiger partial charge in [0.25, 0.3) is 0 Å². The fourth-order valence-corrected chi connectivity index (χ4v) is 2.96. The summed E-state index contributed by atoms with van der Waals surface area (Å²) in [6, 6.07) is 0.264. The number of piperidine rings is 1. The molecule has 0 saturated carbocycles. The first-order valence-electron chi connectivity index (χ1n) is 7.14. The van der Waals surface area contributed by atoms with E-state index in [1.807, 2.05) is 0 Å². The molecule has 4 heteroatoms. The van der Waals surface area contributed by atoms with Crippen molar-refractivity contribution in [1.29, 1.82) is 0 Å². The van der Waals surface area contributed by atoms with Gasteiger partial charge < -0.3 is 15.4 Å². The monoisotopic (exact) mass is 254 g/mol. The maximum atomic E-state index is 12.2. The van der Waals surface area contributed by atoms with Crippen LogP contribution in [-0.4, -0.2) is 36.7 Å². The molecule has 2 N–H and O–H groups in total. The molecule has 2 saturated heterocycles. The number of nitrogens with one attached hydrogen (secondary N) is 2. The van der Waals surface area contributed by atoms with Gasteiger partial charge in [0.15, 0.2) is 0 Å². The molecule has 104 valence electrons. The molecule has 2 fully saturated rings. The zero-order valence-corrected chi connectivity index (χ0v) is 11.8. The summed E-state index contributed by atoms with van der Waals surface area (Å²) in [4.78, 5) is 12.2. The lowest BCUT2D eigenvalue weighted by Crippen LogP contribution is -2.53. The van der Waals surface area contributed by atoms with Crippen molar-refractivity contribution < 1.29 is 9.53 Å². The van der Waals surface area contributed by atoms with E-state index in [9.17, 15) is 4.79 Å². The van der Waals surface area contributed by atoms with Crippen LogP contribution in [0.25, 0.3) is 0 Å². The van der Waals surface area contributed by atoms with E-state index in [2.05, 4.69) is 31.4 Å². The highest BCUT2D eigenvalue weighted by Crippen LogP contribution is 2.24. The molecule has 2 aliphatic heterocycles. The number of carbonyl (C=O) groups excluding carboxylic acids is 1. The molecule has 2 aliphatic rings. The molecule has 0 aromatic carbocycles. The second kappa shape index (κ2) is 5.57. The fraction of sp³-hybridized carbons (Fsp3) is 0.929. The van der Waals surface area contributed by atoms with E-state index in [4.69, 9.17) is 4.74 Å². The first-order valence-corrected chi connectivity index (χ1v) is 7.14. The zero-order valence-electron chi connectivity index (χ0n) is 11.8. The molecule has 0 aromatic heterocycles. The maximum absolute atomic E-state index is 12.2. The first-order chi connectivity index (χ1) is 8.46. The van der Waals surface area contributed by atoms with E-state index in [0.717, 1.165) is 32.4 Å². The summed E-state index contributed by atoms with van der Waals surface area (Å²) >= 11 is 0. The van der Waals surface area contributed by atoms with Crippen LogP contribution in [0.2, 0.25) is 0 Å². The van der Waals surface area contributed by atoms with Crippen LogP contribution in [0.5, 0.6) is 0 Å². The molecule has 3 atom stereocenters. The van der Waals surface area contributed by atoms with Crippen LogP contribution < -0.4 is 10.6 Å². The Morgan fingerprint density at radius 1 is 1.39 bits per heavy atom. The quantitative estimate of drug-likeness (QED) is 0.784. The van der Waals surface area contributed by atoms with Gasteiger partial charge in [0.05, 0.1) is 11.6 Å². The van der Waals surface area contributed by atoms with Crippen molar-refractivity contribution in [2.75, 3.05) is 13.2 Å². The molecule has 0 bridgehead atoms. The molecule has 0 spiro atoms. The van der Waals surface area contributed by atoms with Crippen molar-refractivity contribution in [3.8, 4) is 0 Å². The Balaban J connectivity index is 1.83. The third-order valence-electron chi connectivity index (χ3n) is 4.03. The van der Waals surface area contributed by atoms with E-state index < -0.39 is 0 Å². The number of hydrogen-bond donors (Lipinski definition) is 2. The van der Waals surface area contributed by atoms with Crippen molar-refractivity contribution >= 4 is 5.91 Å². The van der Waals surface area contributed by atoms with Crippen molar-refractivity contribution in [3.05, 3.63) is 0 Å². The van der Waals surface area contributed by atoms with Crippen molar-refractivity contribution in [2.24, 2.45) is 5.92 Å². The zero-order chi connectivity index (χ0) is 13.2. The Morgan fingerprint density at radius 3 is 2.83 bits per heavy atom. The van der Waals surface area contributed by atoms with Crippen molar-refractivity contribution in [2.45, 2.75) is 64.1 Å². The van der Waals surface area contributed by atoms with Crippen LogP contribution >= 0.6 is 0 Å². The van der Waals surface area contributed by atoms with Gasteiger partial charge in [-0.1, -0.05) is 6.92 Å². The minimum atomic E-state index is -0.108. The molecular formula is C14H26N2O2. The third kappa shape index (κ3) is 3.69. The van der Waals surface area contributed by atoms with E-state index in [1.165, 1.54) is 6.42 Å². The van der Waals surface area contributed by atoms with Crippen LogP contribution in [0.1, 0.15) is 46.5 Å². The summed E-state index contributed by atoms with van der Waals surface area (Å²) in [5, 5.41) is 6.50. The average molecular weight is 254 g/mol. The summed E-state index contributed by atoms with van der Waals surface area (Å²) in [7, 11) is 0. The second-order valence-corrected chi connectivity index (χ2v) is 6.44. The average Bonchev–Trinajstić information content (AvgIpc) is 2.27. The van der Waals surface area contributed by atoms with E-state index in [-0.39, 0.29) is 23.6 Å². The van der Waals surface area contributed by atoms with E-state index in [1.54, 1.807) is 0 Å². The normalized spacial score (nSPS) is 36.1. The van der Waals surface area contributed by atoms with Crippen molar-refractivity contribution in [3.63, 3.8) is 0 Å². The molecule has 4 nitrogen and oxygen atoms in total. The van der Waals surface area contributed by atoms with Crippen LogP contribution in [0.15, 0.2) is 0 Å².